The molecule has 6 aromatic rings. The minimum atomic E-state index is -0.406. The monoisotopic (exact) mass is 707 g/mol. The van der Waals surface area contributed by atoms with Crippen LogP contribution in [0.15, 0.2) is 78.9 Å². The number of halogens is 2. The Bertz CT molecular complexity index is 2280. The number of H-pyrrole nitrogens is 1. The predicted octanol–water partition coefficient (Wildman–Crippen LogP) is 7.02. The van der Waals surface area contributed by atoms with Crippen LogP contribution in [0.4, 0.5) is 10.1 Å². The van der Waals surface area contributed by atoms with Gasteiger partial charge in [0, 0.05) is 47.6 Å². The van der Waals surface area contributed by atoms with E-state index < -0.39 is 5.82 Å². The van der Waals surface area contributed by atoms with Gasteiger partial charge in [0.05, 0.1) is 53.9 Å². The molecule has 3 aromatic heterocycles. The van der Waals surface area contributed by atoms with Crippen molar-refractivity contribution < 1.29 is 23.4 Å². The van der Waals surface area contributed by atoms with Gasteiger partial charge in [-0.05, 0) is 73.0 Å². The first-order valence-electron chi connectivity index (χ1n) is 16.8. The summed E-state index contributed by atoms with van der Waals surface area (Å²) in [7, 11) is 1.55. The van der Waals surface area contributed by atoms with E-state index in [2.05, 4.69) is 31.1 Å². The Morgan fingerprint density at radius 2 is 2.02 bits per heavy atom. The first kappa shape index (κ1) is 32.9. The highest BCUT2D eigenvalue weighted by Crippen LogP contribution is 2.29. The predicted molar refractivity (Wildman–Crippen MR) is 193 cm³/mol. The zero-order valence-corrected chi connectivity index (χ0v) is 28.6. The van der Waals surface area contributed by atoms with Crippen LogP contribution in [0.3, 0.4) is 0 Å². The molecular formula is C38H35ClFN7O4. The summed E-state index contributed by atoms with van der Waals surface area (Å²) in [5.74, 6) is 1.18. The fraction of sp³-hybridized carbons (Fsp3) is 0.263. The number of methoxy groups -OCH3 is 1. The summed E-state index contributed by atoms with van der Waals surface area (Å²) >= 11 is 5.88. The number of hydrogen-bond acceptors (Lipinski definition) is 8. The molecule has 2 aliphatic heterocycles. The molecule has 0 spiro atoms. The Kier molecular flexibility index (Phi) is 9.12. The highest BCUT2D eigenvalue weighted by Gasteiger charge is 2.24. The van der Waals surface area contributed by atoms with Crippen LogP contribution in [-0.2, 0) is 24.4 Å². The van der Waals surface area contributed by atoms with Crippen LogP contribution < -0.4 is 14.8 Å². The third-order valence-corrected chi connectivity index (χ3v) is 9.58. The van der Waals surface area contributed by atoms with Crippen LogP contribution in [0.2, 0.25) is 5.02 Å². The van der Waals surface area contributed by atoms with E-state index in [0.717, 1.165) is 78.1 Å². The largest absolute Gasteiger partial charge is 0.480 e. The van der Waals surface area contributed by atoms with Crippen LogP contribution in [-0.4, -0.2) is 68.4 Å². The molecule has 8 rings (SSSR count). The number of aromatic nitrogens is 5. The SMILES string of the molecule is COc1n[nH]c2ccc(C(=O)Nc3ccc4c(c3)nc(CN3CC=C(c5cccc(OCc6ccc(Cl)cc6F)n5)CC3)n4C[C@@H]3CCO3)cc12. The quantitative estimate of drug-likeness (QED) is 0.148. The van der Waals surface area contributed by atoms with E-state index in [4.69, 9.17) is 35.8 Å². The molecule has 0 bridgehead atoms. The number of imidazole rings is 1. The molecule has 0 radical (unpaired) electrons. The van der Waals surface area contributed by atoms with Gasteiger partial charge < -0.3 is 24.1 Å². The van der Waals surface area contributed by atoms with Crippen molar-refractivity contribution in [3.63, 3.8) is 0 Å². The second kappa shape index (κ2) is 14.1. The number of carbonyl (C=O) groups is 1. The van der Waals surface area contributed by atoms with Crippen molar-refractivity contribution in [2.45, 2.75) is 38.6 Å². The van der Waals surface area contributed by atoms with Crippen molar-refractivity contribution in [3.05, 3.63) is 112 Å². The van der Waals surface area contributed by atoms with Crippen molar-refractivity contribution in [2.75, 3.05) is 32.1 Å². The average Bonchev–Trinajstić information content (AvgIpc) is 3.69. The lowest BCUT2D eigenvalue weighted by molar-refractivity contribution is -0.0591. The Morgan fingerprint density at radius 3 is 2.80 bits per heavy atom. The van der Waals surface area contributed by atoms with E-state index in [1.807, 2.05) is 36.4 Å². The van der Waals surface area contributed by atoms with Crippen LogP contribution in [0, 0.1) is 5.82 Å². The lowest BCUT2D eigenvalue weighted by Gasteiger charge is -2.29. The van der Waals surface area contributed by atoms with Gasteiger partial charge in [-0.15, -0.1) is 5.10 Å². The van der Waals surface area contributed by atoms with Crippen molar-refractivity contribution in [3.8, 4) is 11.8 Å². The molecule has 11 nitrogen and oxygen atoms in total. The van der Waals surface area contributed by atoms with E-state index in [1.165, 1.54) is 6.07 Å². The number of fused-ring (bicyclic) bond motifs is 2. The van der Waals surface area contributed by atoms with Gasteiger partial charge in [0.25, 0.3) is 5.91 Å². The van der Waals surface area contributed by atoms with Gasteiger partial charge in [0.15, 0.2) is 0 Å². The molecule has 3 aromatic carbocycles. The highest BCUT2D eigenvalue weighted by molar-refractivity contribution is 6.30. The zero-order valence-electron chi connectivity index (χ0n) is 27.9. The maximum Gasteiger partial charge on any atom is 0.255 e. The van der Waals surface area contributed by atoms with Gasteiger partial charge >= 0.3 is 0 Å². The summed E-state index contributed by atoms with van der Waals surface area (Å²) in [6.07, 6.45) is 4.17. The number of rotatable bonds is 11. The van der Waals surface area contributed by atoms with Gasteiger partial charge in [-0.3, -0.25) is 14.8 Å². The molecule has 2 N–H and O–H groups in total. The molecule has 0 unspecified atom stereocenters. The normalized spacial score (nSPS) is 16.2. The van der Waals surface area contributed by atoms with Gasteiger partial charge in [0.1, 0.15) is 18.2 Å². The summed E-state index contributed by atoms with van der Waals surface area (Å²) < 4.78 is 33.4. The Labute approximate surface area is 298 Å². The summed E-state index contributed by atoms with van der Waals surface area (Å²) in [4.78, 5) is 25.4. The molecule has 2 aliphatic rings. The van der Waals surface area contributed by atoms with Crippen LogP contribution in [0.25, 0.3) is 27.5 Å². The molecule has 0 saturated carbocycles. The lowest BCUT2D eigenvalue weighted by atomic mass is 10.0. The number of pyridine rings is 1. The number of ether oxygens (including phenoxy) is 3. The van der Waals surface area contributed by atoms with E-state index in [9.17, 15) is 9.18 Å². The second-order valence-electron chi connectivity index (χ2n) is 12.7. The first-order chi connectivity index (χ1) is 24.9. The van der Waals surface area contributed by atoms with Crippen molar-refractivity contribution >= 4 is 50.7 Å². The average molecular weight is 708 g/mol. The minimum absolute atomic E-state index is 0.0605. The van der Waals surface area contributed by atoms with Crippen LogP contribution in [0.1, 0.15) is 40.3 Å². The van der Waals surface area contributed by atoms with Crippen LogP contribution in [0.5, 0.6) is 11.8 Å². The Hall–Kier alpha value is -5.30. The molecule has 0 aliphatic carbocycles. The van der Waals surface area contributed by atoms with E-state index in [0.29, 0.717) is 40.1 Å². The number of nitrogens with zero attached hydrogens (tertiary/aromatic N) is 5. The van der Waals surface area contributed by atoms with Gasteiger partial charge in [-0.2, -0.15) is 0 Å². The number of nitrogens with one attached hydrogen (secondary N) is 2. The molecule has 51 heavy (non-hydrogen) atoms. The van der Waals surface area contributed by atoms with E-state index in [1.54, 1.807) is 37.4 Å². The molecule has 1 atom stereocenters. The zero-order chi connectivity index (χ0) is 34.9. The summed E-state index contributed by atoms with van der Waals surface area (Å²) in [6, 6.07) is 21.4. The Morgan fingerprint density at radius 1 is 1.12 bits per heavy atom. The number of amides is 1. The van der Waals surface area contributed by atoms with Crippen molar-refractivity contribution in [1.29, 1.82) is 0 Å². The summed E-state index contributed by atoms with van der Waals surface area (Å²) in [6.45, 7) is 3.76. The van der Waals surface area contributed by atoms with Gasteiger partial charge in [0.2, 0.25) is 11.8 Å². The highest BCUT2D eigenvalue weighted by atomic mass is 35.5. The second-order valence-corrected chi connectivity index (χ2v) is 13.1. The topological polar surface area (TPSA) is 119 Å². The van der Waals surface area contributed by atoms with E-state index in [-0.39, 0.29) is 18.6 Å². The molecular weight excluding hydrogens is 673 g/mol. The van der Waals surface area contributed by atoms with Crippen molar-refractivity contribution in [2.24, 2.45) is 0 Å². The van der Waals surface area contributed by atoms with Gasteiger partial charge in [-0.1, -0.05) is 29.8 Å². The van der Waals surface area contributed by atoms with Gasteiger partial charge in [-0.25, -0.2) is 14.4 Å². The minimum Gasteiger partial charge on any atom is -0.480 e. The van der Waals surface area contributed by atoms with Crippen molar-refractivity contribution in [1.82, 2.24) is 29.6 Å². The summed E-state index contributed by atoms with van der Waals surface area (Å²) in [5, 5.41) is 11.1. The molecule has 1 saturated heterocycles. The molecule has 1 fully saturated rings. The fourth-order valence-electron chi connectivity index (χ4n) is 6.46. The number of aromatic amines is 1. The number of hydrogen-bond donors (Lipinski definition) is 2. The smallest absolute Gasteiger partial charge is 0.255 e. The van der Waals surface area contributed by atoms with Crippen LogP contribution >= 0.6 is 11.6 Å². The molecule has 1 amide bonds. The molecule has 260 valence electrons. The lowest BCUT2D eigenvalue weighted by Crippen LogP contribution is -2.33. The first-order valence-corrected chi connectivity index (χ1v) is 17.2. The third kappa shape index (κ3) is 7.03. The maximum atomic E-state index is 14.2. The molecule has 5 heterocycles. The number of benzene rings is 3. The third-order valence-electron chi connectivity index (χ3n) is 9.35. The summed E-state index contributed by atoms with van der Waals surface area (Å²) in [5.41, 5.74) is 6.14. The Balaban J connectivity index is 0.962. The maximum absolute atomic E-state index is 14.2. The molecule has 13 heteroatoms. The number of anilines is 1. The standard InChI is InChI=1S/C38H35ClFN7O4/c1-49-38-29-17-24(6-9-32(29)44-45-38)37(48)41-27-8-10-34-33(19-27)42-35(47(34)20-28-13-16-50-28)21-46-14-11-23(12-15-46)31-3-2-4-36(43-31)51-22-25-5-7-26(39)18-30(25)40/h2-11,17-19,28H,12-16,20-22H2,1H3,(H,41,48)(H,44,45)/t28-/m0/s1. The number of carbonyl (C=O) groups excluding carboxylic acids is 1. The van der Waals surface area contributed by atoms with E-state index >= 15 is 0 Å². The fourth-order valence-corrected chi connectivity index (χ4v) is 6.61.